The van der Waals surface area contributed by atoms with Gasteiger partial charge in [-0.3, -0.25) is 4.79 Å². The van der Waals surface area contributed by atoms with Crippen LogP contribution < -0.4 is 5.32 Å². The lowest BCUT2D eigenvalue weighted by molar-refractivity contribution is -0.119. The Morgan fingerprint density at radius 3 is 2.20 bits per heavy atom. The summed E-state index contributed by atoms with van der Waals surface area (Å²) in [5.41, 5.74) is 0. The molecule has 0 aromatic carbocycles. The molecular weight excluding hydrogens is 194 g/mol. The third-order valence-electron chi connectivity index (χ3n) is 2.56. The van der Waals surface area contributed by atoms with Crippen molar-refractivity contribution in [2.24, 2.45) is 0 Å². The molecule has 0 aromatic rings. The first-order chi connectivity index (χ1) is 7.00. The number of carbonyl (C=O) groups excluding carboxylic acids is 2. The van der Waals surface area contributed by atoms with Crippen LogP contribution in [0.4, 0.5) is 4.79 Å². The molecule has 3 amide bonds. The zero-order valence-corrected chi connectivity index (χ0v) is 9.62. The fourth-order valence-corrected chi connectivity index (χ4v) is 1.79. The molecule has 1 heterocycles. The molecule has 0 aromatic heterocycles. The fourth-order valence-electron chi connectivity index (χ4n) is 1.79. The second-order valence-electron chi connectivity index (χ2n) is 4.14. The van der Waals surface area contributed by atoms with E-state index in [0.717, 1.165) is 25.9 Å². The van der Waals surface area contributed by atoms with Crippen LogP contribution in [0.2, 0.25) is 0 Å². The lowest BCUT2D eigenvalue weighted by Crippen LogP contribution is -2.48. The van der Waals surface area contributed by atoms with Crippen LogP contribution >= 0.6 is 0 Å². The van der Waals surface area contributed by atoms with E-state index in [1.165, 1.54) is 6.92 Å². The van der Waals surface area contributed by atoms with Gasteiger partial charge < -0.3 is 15.1 Å². The van der Waals surface area contributed by atoms with Crippen molar-refractivity contribution in [1.82, 2.24) is 15.1 Å². The van der Waals surface area contributed by atoms with Crippen molar-refractivity contribution < 1.29 is 9.59 Å². The molecular formula is C10H19N3O2. The summed E-state index contributed by atoms with van der Waals surface area (Å²) in [7, 11) is 3.50. The first kappa shape index (κ1) is 11.8. The molecule has 1 fully saturated rings. The number of urea groups is 1. The maximum atomic E-state index is 11.6. The average Bonchev–Trinajstić information content (AvgIpc) is 2.17. The molecule has 1 N–H and O–H groups in total. The van der Waals surface area contributed by atoms with Gasteiger partial charge in [0.2, 0.25) is 5.91 Å². The summed E-state index contributed by atoms with van der Waals surface area (Å²) in [6.45, 7) is 2.97. The van der Waals surface area contributed by atoms with E-state index in [1.807, 2.05) is 4.90 Å². The third kappa shape index (κ3) is 3.42. The molecule has 1 rings (SSSR count). The Morgan fingerprint density at radius 1 is 1.27 bits per heavy atom. The molecule has 0 aliphatic carbocycles. The van der Waals surface area contributed by atoms with Crippen molar-refractivity contribution in [2.45, 2.75) is 25.8 Å². The number of carbonyl (C=O) groups is 2. The number of nitrogens with one attached hydrogen (secondary N) is 1. The van der Waals surface area contributed by atoms with Crippen molar-refractivity contribution in [1.29, 1.82) is 0 Å². The minimum Gasteiger partial charge on any atom is -0.353 e. The molecule has 0 unspecified atom stereocenters. The fraction of sp³-hybridized carbons (Fsp3) is 0.800. The van der Waals surface area contributed by atoms with Crippen LogP contribution in [-0.2, 0) is 4.79 Å². The number of nitrogens with zero attached hydrogens (tertiary/aromatic N) is 2. The summed E-state index contributed by atoms with van der Waals surface area (Å²) < 4.78 is 0. The summed E-state index contributed by atoms with van der Waals surface area (Å²) in [6, 6.07) is 0.282. The third-order valence-corrected chi connectivity index (χ3v) is 2.56. The average molecular weight is 213 g/mol. The standard InChI is InChI=1S/C10H19N3O2/c1-8(14)11-9-4-6-13(7-5-9)10(15)12(2)3/h9H,4-7H2,1-3H3,(H,11,14). The molecule has 0 bridgehead atoms. The number of rotatable bonds is 1. The van der Waals surface area contributed by atoms with Crippen LogP contribution in [0.25, 0.3) is 0 Å². The van der Waals surface area contributed by atoms with Gasteiger partial charge in [-0.15, -0.1) is 0 Å². The predicted octanol–water partition coefficient (Wildman–Crippen LogP) is 0.269. The predicted molar refractivity (Wildman–Crippen MR) is 57.5 cm³/mol. The van der Waals surface area contributed by atoms with Crippen LogP contribution in [0.1, 0.15) is 19.8 Å². The summed E-state index contributed by atoms with van der Waals surface area (Å²) >= 11 is 0. The first-order valence-corrected chi connectivity index (χ1v) is 5.24. The summed E-state index contributed by atoms with van der Waals surface area (Å²) in [4.78, 5) is 25.8. The lowest BCUT2D eigenvalue weighted by Gasteiger charge is -2.33. The Hall–Kier alpha value is -1.26. The zero-order chi connectivity index (χ0) is 11.4. The second kappa shape index (κ2) is 5.00. The van der Waals surface area contributed by atoms with Crippen LogP contribution in [0, 0.1) is 0 Å². The Balaban J connectivity index is 2.35. The maximum absolute atomic E-state index is 11.6. The van der Waals surface area contributed by atoms with E-state index >= 15 is 0 Å². The molecule has 86 valence electrons. The van der Waals surface area contributed by atoms with Gasteiger partial charge in [-0.2, -0.15) is 0 Å². The smallest absolute Gasteiger partial charge is 0.319 e. The number of hydrogen-bond acceptors (Lipinski definition) is 2. The van der Waals surface area contributed by atoms with Crippen molar-refractivity contribution in [3.05, 3.63) is 0 Å². The van der Waals surface area contributed by atoms with Crippen molar-refractivity contribution in [3.8, 4) is 0 Å². The first-order valence-electron chi connectivity index (χ1n) is 5.24. The van der Waals surface area contributed by atoms with E-state index in [-0.39, 0.29) is 18.0 Å². The van der Waals surface area contributed by atoms with Crippen LogP contribution in [0.15, 0.2) is 0 Å². The van der Waals surface area contributed by atoms with E-state index in [2.05, 4.69) is 5.32 Å². The highest BCUT2D eigenvalue weighted by Gasteiger charge is 2.23. The molecule has 0 atom stereocenters. The topological polar surface area (TPSA) is 52.7 Å². The van der Waals surface area contributed by atoms with E-state index in [1.54, 1.807) is 19.0 Å². The van der Waals surface area contributed by atoms with Gasteiger partial charge in [0.15, 0.2) is 0 Å². The van der Waals surface area contributed by atoms with Gasteiger partial charge in [0.05, 0.1) is 0 Å². The Kier molecular flexibility index (Phi) is 3.94. The van der Waals surface area contributed by atoms with Crippen molar-refractivity contribution in [3.63, 3.8) is 0 Å². The highest BCUT2D eigenvalue weighted by molar-refractivity contribution is 5.74. The van der Waals surface area contributed by atoms with Crippen LogP contribution in [0.5, 0.6) is 0 Å². The lowest BCUT2D eigenvalue weighted by atomic mass is 10.1. The minimum atomic E-state index is 0.00684. The van der Waals surface area contributed by atoms with Crippen LogP contribution in [0.3, 0.4) is 0 Å². The maximum Gasteiger partial charge on any atom is 0.319 e. The molecule has 0 radical (unpaired) electrons. The zero-order valence-electron chi connectivity index (χ0n) is 9.62. The molecule has 15 heavy (non-hydrogen) atoms. The molecule has 1 saturated heterocycles. The summed E-state index contributed by atoms with van der Waals surface area (Å²) in [5, 5.41) is 2.88. The van der Waals surface area contributed by atoms with Crippen molar-refractivity contribution in [2.75, 3.05) is 27.2 Å². The second-order valence-corrected chi connectivity index (χ2v) is 4.14. The van der Waals surface area contributed by atoms with Gasteiger partial charge >= 0.3 is 6.03 Å². The molecule has 0 spiro atoms. The van der Waals surface area contributed by atoms with E-state index in [4.69, 9.17) is 0 Å². The van der Waals surface area contributed by atoms with Crippen LogP contribution in [-0.4, -0.2) is 55.0 Å². The largest absolute Gasteiger partial charge is 0.353 e. The monoisotopic (exact) mass is 213 g/mol. The quantitative estimate of drug-likeness (QED) is 0.679. The number of amides is 3. The number of likely N-dealkylation sites (tertiary alicyclic amines) is 1. The molecule has 1 aliphatic rings. The van der Waals surface area contributed by atoms with E-state index in [9.17, 15) is 9.59 Å². The summed E-state index contributed by atoms with van der Waals surface area (Å²) in [5.74, 6) is 0.00684. The molecule has 0 saturated carbocycles. The number of hydrogen-bond donors (Lipinski definition) is 1. The molecule has 5 heteroatoms. The minimum absolute atomic E-state index is 0.00684. The molecule has 5 nitrogen and oxygen atoms in total. The van der Waals surface area contributed by atoms with Gasteiger partial charge in [0.1, 0.15) is 0 Å². The Morgan fingerprint density at radius 2 is 1.80 bits per heavy atom. The normalized spacial score (nSPS) is 17.4. The highest BCUT2D eigenvalue weighted by atomic mass is 16.2. The van der Waals surface area contributed by atoms with E-state index < -0.39 is 0 Å². The van der Waals surface area contributed by atoms with Gasteiger partial charge in [0.25, 0.3) is 0 Å². The van der Waals surface area contributed by atoms with Gasteiger partial charge in [0, 0.05) is 40.2 Å². The van der Waals surface area contributed by atoms with Crippen molar-refractivity contribution >= 4 is 11.9 Å². The summed E-state index contributed by atoms with van der Waals surface area (Å²) in [6.07, 6.45) is 1.69. The highest BCUT2D eigenvalue weighted by Crippen LogP contribution is 2.11. The molecule has 1 aliphatic heterocycles. The van der Waals surface area contributed by atoms with Gasteiger partial charge in [-0.1, -0.05) is 0 Å². The van der Waals surface area contributed by atoms with E-state index in [0.29, 0.717) is 0 Å². The number of piperidine rings is 1. The Labute approximate surface area is 90.4 Å². The Bertz CT molecular complexity index is 245. The van der Waals surface area contributed by atoms with Gasteiger partial charge in [-0.05, 0) is 12.8 Å². The SMILES string of the molecule is CC(=O)NC1CCN(C(=O)N(C)C)CC1. The van der Waals surface area contributed by atoms with Gasteiger partial charge in [-0.25, -0.2) is 4.79 Å².